The van der Waals surface area contributed by atoms with Crippen molar-refractivity contribution in [2.75, 3.05) is 5.32 Å². The van der Waals surface area contributed by atoms with Crippen LogP contribution in [0.1, 0.15) is 10.4 Å². The van der Waals surface area contributed by atoms with Crippen LogP contribution in [0.4, 0.5) is 5.69 Å². The Hall–Kier alpha value is -3.50. The molecule has 1 amide bonds. The van der Waals surface area contributed by atoms with E-state index < -0.39 is 5.91 Å². The Labute approximate surface area is 165 Å². The number of aromatic hydroxyl groups is 1. The molecule has 5 rings (SSSR count). The fourth-order valence-electron chi connectivity index (χ4n) is 3.63. The van der Waals surface area contributed by atoms with Gasteiger partial charge in [-0.1, -0.05) is 48.0 Å². The Morgan fingerprint density at radius 3 is 2.61 bits per heavy atom. The molecule has 5 heteroatoms. The average molecular weight is 387 g/mol. The molecule has 1 aromatic heterocycles. The fourth-order valence-corrected chi connectivity index (χ4v) is 3.82. The van der Waals surface area contributed by atoms with Gasteiger partial charge < -0.3 is 15.4 Å². The molecule has 0 aliphatic rings. The molecule has 0 saturated heterocycles. The number of hydrogen-bond acceptors (Lipinski definition) is 2. The highest BCUT2D eigenvalue weighted by atomic mass is 35.5. The summed E-state index contributed by atoms with van der Waals surface area (Å²) in [5, 5.41) is 17.8. The van der Waals surface area contributed by atoms with E-state index in [4.69, 9.17) is 11.6 Å². The van der Waals surface area contributed by atoms with Gasteiger partial charge >= 0.3 is 0 Å². The normalized spacial score (nSPS) is 11.3. The second-order valence-electron chi connectivity index (χ2n) is 6.71. The second-order valence-corrected chi connectivity index (χ2v) is 7.15. The van der Waals surface area contributed by atoms with Crippen molar-refractivity contribution in [3.05, 3.63) is 83.4 Å². The number of anilines is 1. The van der Waals surface area contributed by atoms with Gasteiger partial charge in [0.05, 0.1) is 11.1 Å². The van der Waals surface area contributed by atoms with Gasteiger partial charge in [-0.05, 0) is 41.8 Å². The molecular weight excluding hydrogens is 372 g/mol. The number of nitrogens with one attached hydrogen (secondary N) is 2. The fraction of sp³-hybridized carbons (Fsp3) is 0. The molecule has 0 radical (unpaired) electrons. The summed E-state index contributed by atoms with van der Waals surface area (Å²) >= 11 is 5.97. The quantitative estimate of drug-likeness (QED) is 0.344. The molecule has 5 aromatic rings. The zero-order chi connectivity index (χ0) is 19.3. The maximum absolute atomic E-state index is 12.7. The SMILES string of the molecule is O=C(Nc1cccc(Cl)c1)c1cc2ccc3c4ccccc4[nH]c3c2cc1O. The van der Waals surface area contributed by atoms with Crippen molar-refractivity contribution < 1.29 is 9.90 Å². The van der Waals surface area contributed by atoms with E-state index in [1.54, 1.807) is 36.4 Å². The number of hydrogen-bond donors (Lipinski definition) is 3. The molecule has 0 unspecified atom stereocenters. The number of amides is 1. The smallest absolute Gasteiger partial charge is 0.259 e. The Kier molecular flexibility index (Phi) is 3.74. The lowest BCUT2D eigenvalue weighted by molar-refractivity contribution is 0.102. The minimum Gasteiger partial charge on any atom is -0.507 e. The lowest BCUT2D eigenvalue weighted by Crippen LogP contribution is -2.12. The van der Waals surface area contributed by atoms with Gasteiger partial charge in [-0.3, -0.25) is 4.79 Å². The molecular formula is C23H15ClN2O2. The Morgan fingerprint density at radius 2 is 1.75 bits per heavy atom. The third-order valence-corrected chi connectivity index (χ3v) is 5.18. The topological polar surface area (TPSA) is 65.1 Å². The first kappa shape index (κ1) is 16.7. The van der Waals surface area contributed by atoms with Crippen LogP contribution < -0.4 is 5.32 Å². The van der Waals surface area contributed by atoms with Gasteiger partial charge in [0, 0.05) is 32.4 Å². The number of phenols is 1. The molecule has 3 N–H and O–H groups in total. The van der Waals surface area contributed by atoms with Crippen LogP contribution in [0.25, 0.3) is 32.6 Å². The minimum absolute atomic E-state index is 0.0711. The number of aromatic amines is 1. The molecule has 0 atom stereocenters. The molecule has 0 aliphatic heterocycles. The molecule has 0 spiro atoms. The summed E-state index contributed by atoms with van der Waals surface area (Å²) in [6, 6.07) is 22.3. The van der Waals surface area contributed by atoms with Crippen LogP contribution in [0.5, 0.6) is 5.75 Å². The summed E-state index contributed by atoms with van der Waals surface area (Å²) in [4.78, 5) is 16.1. The van der Waals surface area contributed by atoms with Gasteiger partial charge in [0.25, 0.3) is 5.91 Å². The third kappa shape index (κ3) is 2.66. The first-order valence-corrected chi connectivity index (χ1v) is 9.21. The molecule has 0 aliphatic carbocycles. The van der Waals surface area contributed by atoms with Gasteiger partial charge in [0.1, 0.15) is 5.75 Å². The van der Waals surface area contributed by atoms with Crippen LogP contribution in [0, 0.1) is 0 Å². The summed E-state index contributed by atoms with van der Waals surface area (Å²) < 4.78 is 0. The number of aromatic nitrogens is 1. The number of carbonyl (C=O) groups excluding carboxylic acids is 1. The lowest BCUT2D eigenvalue weighted by atomic mass is 10.0. The van der Waals surface area contributed by atoms with Crippen LogP contribution in [0.15, 0.2) is 72.8 Å². The van der Waals surface area contributed by atoms with Gasteiger partial charge in [0.15, 0.2) is 0 Å². The number of H-pyrrole nitrogens is 1. The molecule has 0 saturated carbocycles. The van der Waals surface area contributed by atoms with Crippen molar-refractivity contribution in [3.8, 4) is 5.75 Å². The maximum Gasteiger partial charge on any atom is 0.259 e. The molecule has 1 heterocycles. The Bertz CT molecular complexity index is 1390. The third-order valence-electron chi connectivity index (χ3n) is 4.94. The molecule has 136 valence electrons. The van der Waals surface area contributed by atoms with Crippen LogP contribution in [-0.2, 0) is 0 Å². The predicted octanol–water partition coefficient (Wildman–Crippen LogP) is 6.09. The van der Waals surface area contributed by atoms with Crippen molar-refractivity contribution in [2.24, 2.45) is 0 Å². The van der Waals surface area contributed by atoms with E-state index >= 15 is 0 Å². The number of rotatable bonds is 2. The van der Waals surface area contributed by atoms with Gasteiger partial charge in [-0.2, -0.15) is 0 Å². The zero-order valence-electron chi connectivity index (χ0n) is 14.7. The summed E-state index contributed by atoms with van der Waals surface area (Å²) in [6.45, 7) is 0. The van der Waals surface area contributed by atoms with E-state index in [0.29, 0.717) is 10.7 Å². The monoisotopic (exact) mass is 386 g/mol. The van der Waals surface area contributed by atoms with E-state index in [-0.39, 0.29) is 11.3 Å². The molecule has 0 bridgehead atoms. The molecule has 4 aromatic carbocycles. The Balaban J connectivity index is 1.63. The predicted molar refractivity (Wildman–Crippen MR) is 114 cm³/mol. The van der Waals surface area contributed by atoms with Gasteiger partial charge in [-0.25, -0.2) is 0 Å². The van der Waals surface area contributed by atoms with Crippen molar-refractivity contribution in [2.45, 2.75) is 0 Å². The van der Waals surface area contributed by atoms with Crippen molar-refractivity contribution in [3.63, 3.8) is 0 Å². The number of halogens is 1. The van der Waals surface area contributed by atoms with Gasteiger partial charge in [0.2, 0.25) is 0 Å². The second kappa shape index (κ2) is 6.29. The summed E-state index contributed by atoms with van der Waals surface area (Å²) in [5.74, 6) is -0.461. The summed E-state index contributed by atoms with van der Waals surface area (Å²) in [6.07, 6.45) is 0. The number of phenolic OH excluding ortho intramolecular Hbond substituents is 1. The van der Waals surface area contributed by atoms with Crippen LogP contribution in [0.2, 0.25) is 5.02 Å². The van der Waals surface area contributed by atoms with Crippen LogP contribution >= 0.6 is 11.6 Å². The van der Waals surface area contributed by atoms with E-state index in [1.807, 2.05) is 30.3 Å². The highest BCUT2D eigenvalue weighted by Gasteiger charge is 2.15. The number of para-hydroxylation sites is 1. The first-order chi connectivity index (χ1) is 13.6. The van der Waals surface area contributed by atoms with E-state index in [2.05, 4.69) is 16.4 Å². The standard InChI is InChI=1S/C23H15ClN2O2/c24-14-4-3-5-15(11-14)25-23(28)19-10-13-8-9-17-16-6-1-2-7-20(16)26-22(17)18(13)12-21(19)27/h1-12,26-27H,(H,25,28). The van der Waals surface area contributed by atoms with Crippen molar-refractivity contribution in [1.29, 1.82) is 0 Å². The molecule has 0 fully saturated rings. The molecule has 4 nitrogen and oxygen atoms in total. The highest BCUT2D eigenvalue weighted by Crippen LogP contribution is 2.34. The highest BCUT2D eigenvalue weighted by molar-refractivity contribution is 6.31. The zero-order valence-corrected chi connectivity index (χ0v) is 15.4. The van der Waals surface area contributed by atoms with Crippen molar-refractivity contribution >= 4 is 55.8 Å². The Morgan fingerprint density at radius 1 is 0.893 bits per heavy atom. The van der Waals surface area contributed by atoms with Crippen LogP contribution in [0.3, 0.4) is 0 Å². The van der Waals surface area contributed by atoms with E-state index in [1.165, 1.54) is 0 Å². The van der Waals surface area contributed by atoms with Crippen LogP contribution in [-0.4, -0.2) is 16.0 Å². The number of carbonyl (C=O) groups is 1. The van der Waals surface area contributed by atoms with Gasteiger partial charge in [-0.15, -0.1) is 0 Å². The summed E-state index contributed by atoms with van der Waals surface area (Å²) in [5.41, 5.74) is 2.76. The lowest BCUT2D eigenvalue weighted by Gasteiger charge is -2.09. The maximum atomic E-state index is 12.7. The largest absolute Gasteiger partial charge is 0.507 e. The van der Waals surface area contributed by atoms with E-state index in [0.717, 1.165) is 32.6 Å². The average Bonchev–Trinajstić information content (AvgIpc) is 3.07. The first-order valence-electron chi connectivity index (χ1n) is 8.83. The summed E-state index contributed by atoms with van der Waals surface area (Å²) in [7, 11) is 0. The van der Waals surface area contributed by atoms with E-state index in [9.17, 15) is 9.90 Å². The number of fused-ring (bicyclic) bond motifs is 5. The minimum atomic E-state index is -0.390. The number of benzene rings is 4. The molecule has 28 heavy (non-hydrogen) atoms. The van der Waals surface area contributed by atoms with Crippen molar-refractivity contribution in [1.82, 2.24) is 4.98 Å².